The second kappa shape index (κ2) is 5.66. The van der Waals surface area contributed by atoms with Gasteiger partial charge in [0.25, 0.3) is 0 Å². The number of carbonyl (C=O) groups is 1. The molecule has 0 aromatic carbocycles. The predicted molar refractivity (Wildman–Crippen MR) is 56.7 cm³/mol. The van der Waals surface area contributed by atoms with E-state index in [1.165, 1.54) is 12.3 Å². The molecule has 0 fully saturated rings. The summed E-state index contributed by atoms with van der Waals surface area (Å²) in [5.41, 5.74) is 0.251. The number of hydrogen-bond acceptors (Lipinski definition) is 5. The molecule has 0 bridgehead atoms. The summed E-state index contributed by atoms with van der Waals surface area (Å²) in [5, 5.41) is 20.2. The third-order valence-corrected chi connectivity index (χ3v) is 2.12. The number of aromatic nitrogens is 2. The average molecular weight is 220 g/mol. The van der Waals surface area contributed by atoms with Crippen molar-refractivity contribution >= 4 is 11.9 Å². The Kier molecular flexibility index (Phi) is 4.21. The van der Waals surface area contributed by atoms with Gasteiger partial charge in [-0.3, -0.25) is 4.79 Å². The summed E-state index contributed by atoms with van der Waals surface area (Å²) in [4.78, 5) is 18.5. The molecule has 0 saturated carbocycles. The molecule has 0 saturated heterocycles. The zero-order valence-corrected chi connectivity index (χ0v) is 8.84. The molecular formula is C10H12N4O2. The van der Waals surface area contributed by atoms with Crippen LogP contribution in [-0.2, 0) is 4.79 Å². The van der Waals surface area contributed by atoms with Crippen molar-refractivity contribution in [3.63, 3.8) is 0 Å². The SMILES string of the molecule is CCC(CNc1nccc(C#N)n1)C(=O)O. The van der Waals surface area contributed by atoms with Gasteiger partial charge >= 0.3 is 5.97 Å². The Bertz CT molecular complexity index is 414. The predicted octanol–water partition coefficient (Wildman–Crippen LogP) is 0.871. The highest BCUT2D eigenvalue weighted by Gasteiger charge is 2.14. The number of nitrogens with zero attached hydrogens (tertiary/aromatic N) is 3. The number of nitrogens with one attached hydrogen (secondary N) is 1. The Balaban J connectivity index is 2.60. The number of anilines is 1. The lowest BCUT2D eigenvalue weighted by Gasteiger charge is -2.10. The first kappa shape index (κ1) is 11.9. The van der Waals surface area contributed by atoms with Crippen LogP contribution in [0.2, 0.25) is 0 Å². The fraction of sp³-hybridized carbons (Fsp3) is 0.400. The Morgan fingerprint density at radius 3 is 3.06 bits per heavy atom. The van der Waals surface area contributed by atoms with E-state index in [1.54, 1.807) is 6.92 Å². The van der Waals surface area contributed by atoms with E-state index in [9.17, 15) is 4.79 Å². The van der Waals surface area contributed by atoms with Gasteiger partial charge in [-0.05, 0) is 12.5 Å². The van der Waals surface area contributed by atoms with Crippen molar-refractivity contribution in [2.75, 3.05) is 11.9 Å². The second-order valence-electron chi connectivity index (χ2n) is 3.20. The van der Waals surface area contributed by atoms with Crippen molar-refractivity contribution in [3.05, 3.63) is 18.0 Å². The Hall–Kier alpha value is -2.16. The molecular weight excluding hydrogens is 208 g/mol. The van der Waals surface area contributed by atoms with Crippen LogP contribution in [0.5, 0.6) is 0 Å². The summed E-state index contributed by atoms with van der Waals surface area (Å²) >= 11 is 0. The van der Waals surface area contributed by atoms with Gasteiger partial charge in [-0.2, -0.15) is 5.26 Å². The lowest BCUT2D eigenvalue weighted by Crippen LogP contribution is -2.22. The van der Waals surface area contributed by atoms with E-state index in [1.807, 2.05) is 6.07 Å². The van der Waals surface area contributed by atoms with Crippen LogP contribution >= 0.6 is 0 Å². The van der Waals surface area contributed by atoms with Gasteiger partial charge in [-0.1, -0.05) is 6.92 Å². The van der Waals surface area contributed by atoms with Crippen LogP contribution in [-0.4, -0.2) is 27.6 Å². The third-order valence-electron chi connectivity index (χ3n) is 2.12. The number of hydrogen-bond donors (Lipinski definition) is 2. The number of rotatable bonds is 5. The van der Waals surface area contributed by atoms with Crippen LogP contribution in [0.25, 0.3) is 0 Å². The smallest absolute Gasteiger partial charge is 0.308 e. The molecule has 0 spiro atoms. The standard InChI is InChI=1S/C10H12N4O2/c1-2-7(9(15)16)6-13-10-12-4-3-8(5-11)14-10/h3-4,7H,2,6H2,1H3,(H,15,16)(H,12,13,14). The summed E-state index contributed by atoms with van der Waals surface area (Å²) in [6, 6.07) is 3.37. The molecule has 6 nitrogen and oxygen atoms in total. The first-order chi connectivity index (χ1) is 7.67. The first-order valence-corrected chi connectivity index (χ1v) is 4.87. The van der Waals surface area contributed by atoms with Gasteiger partial charge in [0, 0.05) is 12.7 Å². The van der Waals surface area contributed by atoms with Gasteiger partial charge in [0.1, 0.15) is 11.8 Å². The largest absolute Gasteiger partial charge is 0.481 e. The molecule has 1 aromatic heterocycles. The Morgan fingerprint density at radius 2 is 2.50 bits per heavy atom. The summed E-state index contributed by atoms with van der Waals surface area (Å²) in [6.45, 7) is 2.05. The van der Waals surface area contributed by atoms with E-state index < -0.39 is 11.9 Å². The van der Waals surface area contributed by atoms with E-state index in [4.69, 9.17) is 10.4 Å². The monoisotopic (exact) mass is 220 g/mol. The maximum absolute atomic E-state index is 10.7. The molecule has 0 aliphatic carbocycles. The minimum absolute atomic E-state index is 0.251. The number of nitriles is 1. The first-order valence-electron chi connectivity index (χ1n) is 4.87. The topological polar surface area (TPSA) is 98.9 Å². The molecule has 1 heterocycles. The Labute approximate surface area is 93.0 Å². The molecule has 1 aromatic rings. The van der Waals surface area contributed by atoms with Gasteiger partial charge in [0.05, 0.1) is 5.92 Å². The van der Waals surface area contributed by atoms with E-state index in [2.05, 4.69) is 15.3 Å². The van der Waals surface area contributed by atoms with Gasteiger partial charge in [-0.25, -0.2) is 9.97 Å². The van der Waals surface area contributed by atoms with Gasteiger partial charge in [0.15, 0.2) is 0 Å². The lowest BCUT2D eigenvalue weighted by molar-refractivity contribution is -0.141. The molecule has 0 aliphatic heterocycles. The van der Waals surface area contributed by atoms with Crippen molar-refractivity contribution in [2.45, 2.75) is 13.3 Å². The van der Waals surface area contributed by atoms with Crippen LogP contribution in [0.4, 0.5) is 5.95 Å². The van der Waals surface area contributed by atoms with Crippen molar-refractivity contribution in [1.29, 1.82) is 5.26 Å². The maximum Gasteiger partial charge on any atom is 0.308 e. The normalized spacial score (nSPS) is 11.5. The van der Waals surface area contributed by atoms with Gasteiger partial charge < -0.3 is 10.4 Å². The Morgan fingerprint density at radius 1 is 1.75 bits per heavy atom. The summed E-state index contributed by atoms with van der Waals surface area (Å²) in [7, 11) is 0. The molecule has 1 unspecified atom stereocenters. The number of carboxylic acids is 1. The second-order valence-corrected chi connectivity index (χ2v) is 3.20. The number of aliphatic carboxylic acids is 1. The zero-order valence-electron chi connectivity index (χ0n) is 8.84. The molecule has 84 valence electrons. The lowest BCUT2D eigenvalue weighted by atomic mass is 10.1. The molecule has 0 amide bonds. The van der Waals surface area contributed by atoms with Crippen LogP contribution in [0.15, 0.2) is 12.3 Å². The fourth-order valence-corrected chi connectivity index (χ4v) is 1.13. The quantitative estimate of drug-likeness (QED) is 0.763. The molecule has 0 aliphatic rings. The van der Waals surface area contributed by atoms with Crippen LogP contribution < -0.4 is 5.32 Å². The van der Waals surface area contributed by atoms with E-state index >= 15 is 0 Å². The van der Waals surface area contributed by atoms with Gasteiger partial charge in [0.2, 0.25) is 5.95 Å². The molecule has 6 heteroatoms. The van der Waals surface area contributed by atoms with Crippen molar-refractivity contribution in [2.24, 2.45) is 5.92 Å². The van der Waals surface area contributed by atoms with Crippen molar-refractivity contribution in [3.8, 4) is 6.07 Å². The highest BCUT2D eigenvalue weighted by atomic mass is 16.4. The minimum Gasteiger partial charge on any atom is -0.481 e. The zero-order chi connectivity index (χ0) is 12.0. The molecule has 1 atom stereocenters. The van der Waals surface area contributed by atoms with Crippen LogP contribution in [0.3, 0.4) is 0 Å². The molecule has 16 heavy (non-hydrogen) atoms. The van der Waals surface area contributed by atoms with Crippen molar-refractivity contribution in [1.82, 2.24) is 9.97 Å². The average Bonchev–Trinajstić information content (AvgIpc) is 2.29. The molecule has 1 rings (SSSR count). The summed E-state index contributed by atoms with van der Waals surface area (Å²) in [6.07, 6.45) is 1.98. The molecule has 0 radical (unpaired) electrons. The van der Waals surface area contributed by atoms with E-state index in [0.717, 1.165) is 0 Å². The van der Waals surface area contributed by atoms with Crippen LogP contribution in [0, 0.1) is 17.2 Å². The maximum atomic E-state index is 10.7. The third kappa shape index (κ3) is 3.20. The highest BCUT2D eigenvalue weighted by Crippen LogP contribution is 2.05. The fourth-order valence-electron chi connectivity index (χ4n) is 1.13. The van der Waals surface area contributed by atoms with E-state index in [-0.39, 0.29) is 18.2 Å². The molecule has 2 N–H and O–H groups in total. The van der Waals surface area contributed by atoms with Gasteiger partial charge in [-0.15, -0.1) is 0 Å². The van der Waals surface area contributed by atoms with Crippen molar-refractivity contribution < 1.29 is 9.90 Å². The highest BCUT2D eigenvalue weighted by molar-refractivity contribution is 5.70. The minimum atomic E-state index is -0.855. The summed E-state index contributed by atoms with van der Waals surface area (Å²) in [5.74, 6) is -1.06. The van der Waals surface area contributed by atoms with E-state index in [0.29, 0.717) is 6.42 Å². The number of carboxylic acid groups (broad SMARTS) is 1. The summed E-state index contributed by atoms with van der Waals surface area (Å²) < 4.78 is 0. The van der Waals surface area contributed by atoms with Crippen LogP contribution in [0.1, 0.15) is 19.0 Å².